The van der Waals surface area contributed by atoms with Gasteiger partial charge in [0, 0.05) is 49.3 Å². The van der Waals surface area contributed by atoms with Crippen molar-refractivity contribution in [2.75, 3.05) is 36.8 Å². The molecule has 0 fully saturated rings. The lowest BCUT2D eigenvalue weighted by Crippen LogP contribution is -2.33. The van der Waals surface area contributed by atoms with E-state index >= 15 is 0 Å². The van der Waals surface area contributed by atoms with Gasteiger partial charge < -0.3 is 31.6 Å². The Morgan fingerprint density at radius 1 is 0.586 bits per heavy atom. The van der Waals surface area contributed by atoms with Gasteiger partial charge in [0.15, 0.2) is 0 Å². The molecule has 0 spiro atoms. The molecule has 18 heteroatoms. The van der Waals surface area contributed by atoms with Gasteiger partial charge in [0.1, 0.15) is 11.5 Å². The molecule has 2 radical (unpaired) electrons. The first-order valence-corrected chi connectivity index (χ1v) is 17.9. The summed E-state index contributed by atoms with van der Waals surface area (Å²) in [7, 11) is 0. The van der Waals surface area contributed by atoms with Crippen molar-refractivity contribution in [3.05, 3.63) is 144 Å². The van der Waals surface area contributed by atoms with Crippen molar-refractivity contribution in [3.63, 3.8) is 0 Å². The molecule has 0 aliphatic rings. The number of aliphatic imine (C=N–C) groups is 2. The molecule has 0 bridgehead atoms. The summed E-state index contributed by atoms with van der Waals surface area (Å²) < 4.78 is 14.2. The number of nitrogens with zero attached hydrogens (tertiary/aromatic N) is 6. The fourth-order valence-electron chi connectivity index (χ4n) is 5.26. The van der Waals surface area contributed by atoms with Crippen LogP contribution < -0.4 is 54.5 Å². The fraction of sp³-hybridized carbons (Fsp3) is 0.150. The summed E-state index contributed by atoms with van der Waals surface area (Å²) >= 11 is 0. The van der Waals surface area contributed by atoms with Crippen LogP contribution in [-0.2, 0) is 13.1 Å². The van der Waals surface area contributed by atoms with E-state index in [-0.39, 0.29) is 36.9 Å². The maximum absolute atomic E-state index is 12.3. The van der Waals surface area contributed by atoms with E-state index in [0.29, 0.717) is 60.2 Å². The molecule has 0 aliphatic carbocycles. The average molecular weight is 785 g/mol. The van der Waals surface area contributed by atoms with Crippen molar-refractivity contribution < 1.29 is 28.2 Å². The van der Waals surface area contributed by atoms with Gasteiger partial charge in [0.05, 0.1) is 37.3 Å². The molecule has 5 rings (SSSR count). The highest BCUT2D eigenvalue weighted by atomic mass is 16.5. The van der Waals surface area contributed by atoms with Crippen LogP contribution in [0, 0.1) is 0 Å². The number of pyridine rings is 2. The molecule has 58 heavy (non-hydrogen) atoms. The van der Waals surface area contributed by atoms with E-state index in [1.807, 2.05) is 24.3 Å². The molecule has 5 aromatic rings. The zero-order chi connectivity index (χ0) is 41.3. The van der Waals surface area contributed by atoms with E-state index < -0.39 is 11.9 Å². The van der Waals surface area contributed by atoms with Crippen LogP contribution in [0.25, 0.3) is 0 Å². The third-order valence-corrected chi connectivity index (χ3v) is 8.12. The molecule has 2 heterocycles. The quantitative estimate of drug-likeness (QED) is 0.0310. The lowest BCUT2D eigenvalue weighted by Gasteiger charge is -2.11. The van der Waals surface area contributed by atoms with Crippen LogP contribution in [-0.4, -0.2) is 81.1 Å². The predicted molar refractivity (Wildman–Crippen MR) is 220 cm³/mol. The lowest BCUT2D eigenvalue weighted by atomic mass is 10.1. The summed E-state index contributed by atoms with van der Waals surface area (Å²) in [4.78, 5) is 41.1. The highest BCUT2D eigenvalue weighted by molar-refractivity contribution is 6.00. The minimum absolute atomic E-state index is 0.0302. The third kappa shape index (κ3) is 12.7. The van der Waals surface area contributed by atoms with Gasteiger partial charge in [-0.15, -0.1) is 0 Å². The minimum Gasteiger partial charge on any atom is -0.423 e. The van der Waals surface area contributed by atoms with Crippen LogP contribution in [0.15, 0.2) is 132 Å². The number of hydrogen-bond donors (Lipinski definition) is 6. The van der Waals surface area contributed by atoms with Crippen molar-refractivity contribution in [3.8, 4) is 11.5 Å². The summed E-state index contributed by atoms with van der Waals surface area (Å²) in [6, 6.07) is 27.4. The molecule has 3 aromatic carbocycles. The first-order chi connectivity index (χ1) is 28.1. The monoisotopic (exact) mass is 784 g/mol. The van der Waals surface area contributed by atoms with E-state index in [1.54, 1.807) is 94.3 Å². The van der Waals surface area contributed by atoms with Gasteiger partial charge >= 0.3 is 23.9 Å². The molecule has 0 atom stereocenters. The normalized spacial score (nSPS) is 12.5. The van der Waals surface area contributed by atoms with E-state index in [1.165, 1.54) is 12.4 Å². The first kappa shape index (κ1) is 41.5. The standard InChI is InChI=1S/C40H42N14O4/c41-17-21-53(39(45)51-37(43)49-31-9-13-33(14-10-31)57-35(55)29-3-1-19-47-23-29)25-27-5-7-28(8-6-27)26-54(22-18-42)40(46)52-38(44)50-32-11-15-34(16-12-32)58-36(56)30-4-2-20-48-24-30/h1-16,19-20,23-24,41-42H,17-18,21-22,25-26H2,(H8,43,44,45,46,49,50,51,52)/p+2. The Balaban J connectivity index is 1.17. The number of nitrogens with one attached hydrogen (secondary N) is 4. The molecule has 12 N–H and O–H groups in total. The number of carbonyl (C=O) groups excluding carboxylic acids is 2. The molecule has 296 valence electrons. The van der Waals surface area contributed by atoms with Crippen molar-refractivity contribution in [2.45, 2.75) is 13.1 Å². The van der Waals surface area contributed by atoms with E-state index in [2.05, 4.69) is 30.6 Å². The number of esters is 2. The van der Waals surface area contributed by atoms with Gasteiger partial charge in [-0.1, -0.05) is 24.3 Å². The van der Waals surface area contributed by atoms with Crippen LogP contribution in [0.4, 0.5) is 11.4 Å². The molecule has 0 amide bonds. The minimum atomic E-state index is -0.526. The Morgan fingerprint density at radius 3 is 1.29 bits per heavy atom. The molecule has 0 aliphatic heterocycles. The van der Waals surface area contributed by atoms with Gasteiger partial charge in [-0.2, -0.15) is 0 Å². The maximum atomic E-state index is 12.3. The summed E-state index contributed by atoms with van der Waals surface area (Å²) in [6.45, 7) is 1.49. The predicted octanol–water partition coefficient (Wildman–Crippen LogP) is 1.99. The second-order valence-electron chi connectivity index (χ2n) is 12.4. The van der Waals surface area contributed by atoms with E-state index in [0.717, 1.165) is 11.1 Å². The first-order valence-electron chi connectivity index (χ1n) is 17.9. The third-order valence-electron chi connectivity index (χ3n) is 8.12. The van der Waals surface area contributed by atoms with Crippen molar-refractivity contribution in [2.24, 2.45) is 32.9 Å². The van der Waals surface area contributed by atoms with Crippen LogP contribution in [0.2, 0.25) is 0 Å². The van der Waals surface area contributed by atoms with Gasteiger partial charge in [0.2, 0.25) is 0 Å². The smallest absolute Gasteiger partial charge is 0.388 e. The number of nitrogens with two attached hydrogens (primary N) is 4. The highest BCUT2D eigenvalue weighted by Gasteiger charge is 2.15. The summed E-state index contributed by atoms with van der Waals surface area (Å²) in [5.41, 5.74) is 44.3. The van der Waals surface area contributed by atoms with Gasteiger partial charge in [-0.05, 0) is 93.9 Å². The van der Waals surface area contributed by atoms with Gasteiger partial charge in [0.25, 0.3) is 11.9 Å². The molecule has 0 unspecified atom stereocenters. The average Bonchev–Trinajstić information content (AvgIpc) is 3.23. The summed E-state index contributed by atoms with van der Waals surface area (Å²) in [5, 5.41) is 5.92. The number of rotatable bonds is 14. The van der Waals surface area contributed by atoms with Crippen molar-refractivity contribution in [1.29, 1.82) is 0 Å². The SMILES string of the molecule is [NH]CC[N+](Cc1ccc(C[N+](CC[NH])=C(N)/N=C(\N)Nc2ccc(OC(=O)c3cccnc3)cc2)cc1)=C(N)/N=C(\N)Nc1ccc(OC(=O)c2cccnc2)cc1. The van der Waals surface area contributed by atoms with E-state index in [9.17, 15) is 9.59 Å². The number of ether oxygens (including phenoxy) is 2. The van der Waals surface area contributed by atoms with Crippen molar-refractivity contribution >= 4 is 47.2 Å². The van der Waals surface area contributed by atoms with Gasteiger partial charge in [-0.25, -0.2) is 9.59 Å². The maximum Gasteiger partial charge on any atom is 0.388 e. The highest BCUT2D eigenvalue weighted by Crippen LogP contribution is 2.18. The molecular weight excluding hydrogens is 741 g/mol. The second-order valence-corrected chi connectivity index (χ2v) is 12.4. The fourth-order valence-corrected chi connectivity index (χ4v) is 5.26. The number of aromatic nitrogens is 2. The van der Waals surface area contributed by atoms with Crippen LogP contribution in [0.3, 0.4) is 0 Å². The Kier molecular flexibility index (Phi) is 14.9. The Morgan fingerprint density at radius 2 is 0.966 bits per heavy atom. The summed E-state index contributed by atoms with van der Waals surface area (Å²) in [5.74, 6) is -0.0632. The lowest BCUT2D eigenvalue weighted by molar-refractivity contribution is -0.544. The second kappa shape index (κ2) is 20.8. The topological polar surface area (TPSA) is 285 Å². The molecular formula is C40H44N14O4+2. The largest absolute Gasteiger partial charge is 0.423 e. The molecule has 2 aromatic heterocycles. The number of guanidine groups is 4. The van der Waals surface area contributed by atoms with Crippen LogP contribution in [0.5, 0.6) is 11.5 Å². The van der Waals surface area contributed by atoms with Crippen LogP contribution >= 0.6 is 0 Å². The Bertz CT molecular complexity index is 2100. The van der Waals surface area contributed by atoms with Crippen LogP contribution in [0.1, 0.15) is 31.8 Å². The molecule has 0 saturated carbocycles. The zero-order valence-electron chi connectivity index (χ0n) is 31.4. The molecule has 18 nitrogen and oxygen atoms in total. The zero-order valence-corrected chi connectivity index (χ0v) is 31.4. The van der Waals surface area contributed by atoms with Crippen molar-refractivity contribution in [1.82, 2.24) is 21.4 Å². The summed E-state index contributed by atoms with van der Waals surface area (Å²) in [6.07, 6.45) is 5.99. The molecule has 0 saturated heterocycles. The number of carbonyl (C=O) groups is 2. The van der Waals surface area contributed by atoms with Gasteiger partial charge in [-0.3, -0.25) is 42.1 Å². The Labute approximate surface area is 334 Å². The number of anilines is 2. The number of benzene rings is 3. The Hall–Kier alpha value is -7.70. The van der Waals surface area contributed by atoms with E-state index in [4.69, 9.17) is 43.9 Å². The number of hydrogen-bond acceptors (Lipinski definition) is 6.